The number of hydrogen-bond acceptors (Lipinski definition) is 6. The number of carbonyl (C=O) groups excluding carboxylic acids is 2. The first-order chi connectivity index (χ1) is 7.24. The van der Waals surface area contributed by atoms with Gasteiger partial charge in [0.1, 0.15) is 0 Å². The molecule has 1 aromatic rings. The Kier molecular flexibility index (Phi) is 2.07. The highest BCUT2D eigenvalue weighted by Gasteiger charge is 2.30. The molecule has 0 aromatic carbocycles. The van der Waals surface area contributed by atoms with Crippen molar-refractivity contribution in [2.75, 3.05) is 0 Å². The summed E-state index contributed by atoms with van der Waals surface area (Å²) in [5, 5.41) is 8.34. The molecule has 15 heavy (non-hydrogen) atoms. The largest absolute Gasteiger partial charge is 0.287 e. The molecule has 76 valence electrons. The van der Waals surface area contributed by atoms with Crippen LogP contribution in [0.25, 0.3) is 0 Å². The van der Waals surface area contributed by atoms with Crippen LogP contribution in [0.1, 0.15) is 17.8 Å². The molecule has 2 aliphatic heterocycles. The summed E-state index contributed by atoms with van der Waals surface area (Å²) in [6.07, 6.45) is 1.51. The Hall–Kier alpha value is -0.880. The van der Waals surface area contributed by atoms with Gasteiger partial charge in [-0.1, -0.05) is 0 Å². The van der Waals surface area contributed by atoms with Crippen molar-refractivity contribution >= 4 is 33.8 Å². The molecular weight excluding hydrogens is 232 g/mol. The SMILES string of the molecule is O=C1CCc2nnc3c(c2S1)SC(=O)C3. The summed E-state index contributed by atoms with van der Waals surface area (Å²) >= 11 is 2.40. The fraction of sp³-hybridized carbons (Fsp3) is 0.333. The predicted molar refractivity (Wildman–Crippen MR) is 55.8 cm³/mol. The fourth-order valence-electron chi connectivity index (χ4n) is 1.64. The maximum Gasteiger partial charge on any atom is 0.199 e. The quantitative estimate of drug-likeness (QED) is 0.677. The summed E-state index contributed by atoms with van der Waals surface area (Å²) in [4.78, 5) is 24.3. The summed E-state index contributed by atoms with van der Waals surface area (Å²) in [7, 11) is 0. The van der Waals surface area contributed by atoms with Crippen molar-refractivity contribution in [3.8, 4) is 0 Å². The molecule has 4 nitrogen and oxygen atoms in total. The lowest BCUT2D eigenvalue weighted by Crippen LogP contribution is -2.09. The molecule has 0 atom stereocenters. The highest BCUT2D eigenvalue weighted by Crippen LogP contribution is 2.42. The summed E-state index contributed by atoms with van der Waals surface area (Å²) < 4.78 is 0. The van der Waals surface area contributed by atoms with Gasteiger partial charge in [-0.05, 0) is 23.5 Å². The van der Waals surface area contributed by atoms with E-state index in [0.717, 1.165) is 21.2 Å². The van der Waals surface area contributed by atoms with Gasteiger partial charge in [-0.15, -0.1) is 0 Å². The van der Waals surface area contributed by atoms with Crippen LogP contribution in [0.3, 0.4) is 0 Å². The Morgan fingerprint density at radius 2 is 1.53 bits per heavy atom. The molecule has 0 saturated carbocycles. The average Bonchev–Trinajstić information content (AvgIpc) is 2.58. The zero-order valence-electron chi connectivity index (χ0n) is 7.65. The van der Waals surface area contributed by atoms with Gasteiger partial charge in [-0.3, -0.25) is 9.59 Å². The molecule has 0 aliphatic carbocycles. The van der Waals surface area contributed by atoms with E-state index in [1.165, 1.54) is 23.5 Å². The van der Waals surface area contributed by atoms with Crippen LogP contribution >= 0.6 is 23.5 Å². The minimum atomic E-state index is 0.0892. The topological polar surface area (TPSA) is 59.9 Å². The van der Waals surface area contributed by atoms with E-state index in [4.69, 9.17) is 0 Å². The predicted octanol–water partition coefficient (Wildman–Crippen LogP) is 1.22. The van der Waals surface area contributed by atoms with Crippen molar-refractivity contribution in [3.63, 3.8) is 0 Å². The molecule has 3 heterocycles. The van der Waals surface area contributed by atoms with Crippen LogP contribution in [0.5, 0.6) is 0 Å². The molecule has 0 amide bonds. The first-order valence-electron chi connectivity index (χ1n) is 4.54. The van der Waals surface area contributed by atoms with Crippen molar-refractivity contribution in [2.45, 2.75) is 29.1 Å². The van der Waals surface area contributed by atoms with Crippen LogP contribution in [-0.2, 0) is 22.4 Å². The number of aryl methyl sites for hydroxylation is 1. The average molecular weight is 238 g/mol. The lowest BCUT2D eigenvalue weighted by Gasteiger charge is -2.14. The number of aromatic nitrogens is 2. The molecular formula is C9H6N2O2S2. The van der Waals surface area contributed by atoms with E-state index in [0.29, 0.717) is 19.3 Å². The first kappa shape index (κ1) is 9.35. The van der Waals surface area contributed by atoms with Crippen LogP contribution in [0.15, 0.2) is 9.79 Å². The number of fused-ring (bicyclic) bond motifs is 3. The van der Waals surface area contributed by atoms with Crippen molar-refractivity contribution in [1.82, 2.24) is 10.2 Å². The lowest BCUT2D eigenvalue weighted by molar-refractivity contribution is -0.111. The Bertz CT molecular complexity index is 487. The number of nitrogens with zero attached hydrogens (tertiary/aromatic N) is 2. The van der Waals surface area contributed by atoms with Crippen LogP contribution in [-0.4, -0.2) is 20.4 Å². The smallest absolute Gasteiger partial charge is 0.199 e. The van der Waals surface area contributed by atoms with E-state index < -0.39 is 0 Å². The molecule has 0 saturated heterocycles. The van der Waals surface area contributed by atoms with E-state index >= 15 is 0 Å². The second kappa shape index (κ2) is 3.31. The van der Waals surface area contributed by atoms with Crippen molar-refractivity contribution in [2.24, 2.45) is 0 Å². The van der Waals surface area contributed by atoms with E-state index in [2.05, 4.69) is 10.2 Å². The Morgan fingerprint density at radius 3 is 2.40 bits per heavy atom. The van der Waals surface area contributed by atoms with Gasteiger partial charge in [0.2, 0.25) is 0 Å². The second-order valence-corrected chi connectivity index (χ2v) is 5.51. The van der Waals surface area contributed by atoms with Crippen LogP contribution in [0.2, 0.25) is 0 Å². The molecule has 3 rings (SSSR count). The van der Waals surface area contributed by atoms with Gasteiger partial charge in [0.05, 0.1) is 27.6 Å². The normalized spacial score (nSPS) is 18.9. The third-order valence-electron chi connectivity index (χ3n) is 2.33. The lowest BCUT2D eigenvalue weighted by atomic mass is 10.2. The molecule has 0 N–H and O–H groups in total. The van der Waals surface area contributed by atoms with Gasteiger partial charge in [-0.25, -0.2) is 0 Å². The highest BCUT2D eigenvalue weighted by molar-refractivity contribution is 8.16. The van der Waals surface area contributed by atoms with E-state index in [9.17, 15) is 9.59 Å². The zero-order chi connectivity index (χ0) is 10.4. The third-order valence-corrected chi connectivity index (χ3v) is 4.55. The molecule has 0 unspecified atom stereocenters. The standard InChI is InChI=1S/C9H6N2O2S2/c12-6-2-1-4-8(14-6)9-5(11-10-4)3-7(13)15-9/h1-3H2. The van der Waals surface area contributed by atoms with Crippen molar-refractivity contribution in [3.05, 3.63) is 11.4 Å². The third kappa shape index (κ3) is 1.48. The minimum absolute atomic E-state index is 0.0892. The number of rotatable bonds is 0. The van der Waals surface area contributed by atoms with Gasteiger partial charge in [-0.2, -0.15) is 10.2 Å². The van der Waals surface area contributed by atoms with Crippen LogP contribution < -0.4 is 0 Å². The molecule has 2 aliphatic rings. The van der Waals surface area contributed by atoms with E-state index in [-0.39, 0.29) is 10.2 Å². The molecule has 1 aromatic heterocycles. The Morgan fingerprint density at radius 1 is 0.867 bits per heavy atom. The number of carbonyl (C=O) groups is 2. The molecule has 0 radical (unpaired) electrons. The van der Waals surface area contributed by atoms with Gasteiger partial charge in [0.15, 0.2) is 10.2 Å². The Balaban J connectivity index is 2.15. The molecule has 0 bridgehead atoms. The fourth-order valence-corrected chi connectivity index (χ4v) is 3.67. The van der Waals surface area contributed by atoms with Crippen molar-refractivity contribution in [1.29, 1.82) is 0 Å². The monoisotopic (exact) mass is 238 g/mol. The number of thioether (sulfide) groups is 2. The van der Waals surface area contributed by atoms with Crippen LogP contribution in [0.4, 0.5) is 0 Å². The summed E-state index contributed by atoms with van der Waals surface area (Å²) in [5.41, 5.74) is 1.59. The summed E-state index contributed by atoms with van der Waals surface area (Å²) in [6, 6.07) is 0. The van der Waals surface area contributed by atoms with Gasteiger partial charge < -0.3 is 0 Å². The second-order valence-electron chi connectivity index (χ2n) is 3.38. The van der Waals surface area contributed by atoms with E-state index in [1.54, 1.807) is 0 Å². The number of hydrogen-bond donors (Lipinski definition) is 0. The van der Waals surface area contributed by atoms with Gasteiger partial charge >= 0.3 is 0 Å². The summed E-state index contributed by atoms with van der Waals surface area (Å²) in [6.45, 7) is 0. The summed E-state index contributed by atoms with van der Waals surface area (Å²) in [5.74, 6) is 0. The molecule has 0 fully saturated rings. The zero-order valence-corrected chi connectivity index (χ0v) is 9.28. The van der Waals surface area contributed by atoms with Gasteiger partial charge in [0, 0.05) is 12.8 Å². The maximum absolute atomic E-state index is 11.3. The van der Waals surface area contributed by atoms with Crippen molar-refractivity contribution < 1.29 is 9.59 Å². The van der Waals surface area contributed by atoms with Crippen LogP contribution in [0, 0.1) is 0 Å². The van der Waals surface area contributed by atoms with Gasteiger partial charge in [0.25, 0.3) is 0 Å². The van der Waals surface area contributed by atoms with E-state index in [1.807, 2.05) is 0 Å². The Labute approximate surface area is 94.2 Å². The highest BCUT2D eigenvalue weighted by atomic mass is 32.2. The molecule has 6 heteroatoms. The minimum Gasteiger partial charge on any atom is -0.287 e. The first-order valence-corrected chi connectivity index (χ1v) is 6.17. The maximum atomic E-state index is 11.3. The molecule has 0 spiro atoms.